The summed E-state index contributed by atoms with van der Waals surface area (Å²) in [4.78, 5) is 10.8. The van der Waals surface area contributed by atoms with Crippen molar-refractivity contribution in [1.82, 2.24) is 4.90 Å². The molecule has 0 bridgehead atoms. The molecule has 0 aromatic carbocycles. The second kappa shape index (κ2) is 3.01. The van der Waals surface area contributed by atoms with Crippen LogP contribution in [-0.2, 0) is 0 Å². The molecule has 0 fully saturated rings. The zero-order valence-corrected chi connectivity index (χ0v) is 4.59. The van der Waals surface area contributed by atoms with Crippen molar-refractivity contribution in [3.63, 3.8) is 0 Å². The molecule has 0 atom stereocenters. The van der Waals surface area contributed by atoms with E-state index in [2.05, 4.69) is 0 Å². The van der Waals surface area contributed by atoms with Gasteiger partial charge in [-0.1, -0.05) is 0 Å². The van der Waals surface area contributed by atoms with Crippen molar-refractivity contribution >= 4 is 12.4 Å². The molecule has 0 spiro atoms. The molecule has 8 heavy (non-hydrogen) atoms. The number of hydrogen-bond acceptors (Lipinski definition) is 2. The summed E-state index contributed by atoms with van der Waals surface area (Å²) in [5.74, 6) is 0. The van der Waals surface area contributed by atoms with Crippen LogP contribution >= 0.6 is 0 Å². The molecule has 4 nitrogen and oxygen atoms in total. The Labute approximate surface area is 47.2 Å². The van der Waals surface area contributed by atoms with Gasteiger partial charge in [-0.15, -0.1) is 0 Å². The van der Waals surface area contributed by atoms with Gasteiger partial charge in [-0.2, -0.15) is 0 Å². The molecule has 0 aromatic rings. The summed E-state index contributed by atoms with van der Waals surface area (Å²) < 4.78 is 0. The van der Waals surface area contributed by atoms with Gasteiger partial charge in [-0.05, 0) is 6.92 Å². The Morgan fingerprint density at radius 2 is 2.50 bits per heavy atom. The third-order valence-electron chi connectivity index (χ3n) is 0.742. The molecule has 0 aromatic heterocycles. The normalized spacial score (nSPS) is 8.12. The second-order valence-corrected chi connectivity index (χ2v) is 1.20. The van der Waals surface area contributed by atoms with Gasteiger partial charge < -0.3 is 5.11 Å². The lowest BCUT2D eigenvalue weighted by molar-refractivity contribution is 0.172. The SMILES string of the molecule is CCN(C=N)C(=O)O. The minimum Gasteiger partial charge on any atom is -0.465 e. The summed E-state index contributed by atoms with van der Waals surface area (Å²) in [6, 6.07) is 0. The molecular formula is C4H8N2O2. The van der Waals surface area contributed by atoms with Crippen LogP contribution in [0.25, 0.3) is 0 Å². The van der Waals surface area contributed by atoms with Gasteiger partial charge in [0.2, 0.25) is 0 Å². The van der Waals surface area contributed by atoms with E-state index in [4.69, 9.17) is 10.5 Å². The summed E-state index contributed by atoms with van der Waals surface area (Å²) in [6.45, 7) is 2.00. The van der Waals surface area contributed by atoms with Crippen LogP contribution in [0, 0.1) is 5.41 Å². The Bertz CT molecular complexity index is 102. The maximum Gasteiger partial charge on any atom is 0.412 e. The number of carbonyl (C=O) groups is 1. The Morgan fingerprint density at radius 3 is 2.50 bits per heavy atom. The summed E-state index contributed by atoms with van der Waals surface area (Å²) in [6.07, 6.45) is -0.301. The van der Waals surface area contributed by atoms with Crippen molar-refractivity contribution in [1.29, 1.82) is 5.41 Å². The number of carboxylic acid groups (broad SMARTS) is 1. The molecule has 2 N–H and O–H groups in total. The third-order valence-corrected chi connectivity index (χ3v) is 0.742. The van der Waals surface area contributed by atoms with E-state index in [0.717, 1.165) is 11.2 Å². The van der Waals surface area contributed by atoms with Gasteiger partial charge >= 0.3 is 6.09 Å². The fourth-order valence-corrected chi connectivity index (χ4v) is 0.282. The molecule has 0 aliphatic heterocycles. The molecule has 0 aliphatic rings. The highest BCUT2D eigenvalue weighted by Crippen LogP contribution is 1.80. The Balaban J connectivity index is 3.69. The van der Waals surface area contributed by atoms with E-state index in [9.17, 15) is 4.79 Å². The molecule has 0 aliphatic carbocycles. The van der Waals surface area contributed by atoms with Crippen molar-refractivity contribution in [2.75, 3.05) is 6.54 Å². The lowest BCUT2D eigenvalue weighted by Crippen LogP contribution is -2.26. The van der Waals surface area contributed by atoms with Gasteiger partial charge in [0.05, 0.1) is 6.34 Å². The van der Waals surface area contributed by atoms with Crippen LogP contribution in [0.1, 0.15) is 6.92 Å². The number of hydrogen-bond donors (Lipinski definition) is 2. The average molecular weight is 116 g/mol. The van der Waals surface area contributed by atoms with E-state index in [1.807, 2.05) is 0 Å². The van der Waals surface area contributed by atoms with Crippen molar-refractivity contribution in [2.45, 2.75) is 6.92 Å². The van der Waals surface area contributed by atoms with E-state index < -0.39 is 6.09 Å². The Morgan fingerprint density at radius 1 is 2.00 bits per heavy atom. The third kappa shape index (κ3) is 1.59. The zero-order chi connectivity index (χ0) is 6.57. The smallest absolute Gasteiger partial charge is 0.412 e. The first kappa shape index (κ1) is 6.94. The summed E-state index contributed by atoms with van der Waals surface area (Å²) in [7, 11) is 0. The van der Waals surface area contributed by atoms with Gasteiger partial charge in [0.25, 0.3) is 0 Å². The highest BCUT2D eigenvalue weighted by molar-refractivity contribution is 5.79. The van der Waals surface area contributed by atoms with Crippen LogP contribution in [0.3, 0.4) is 0 Å². The minimum absolute atomic E-state index is 0.332. The highest BCUT2D eigenvalue weighted by Gasteiger charge is 2.02. The van der Waals surface area contributed by atoms with Crippen molar-refractivity contribution in [2.24, 2.45) is 0 Å². The molecule has 0 radical (unpaired) electrons. The summed E-state index contributed by atoms with van der Waals surface area (Å²) in [5, 5.41) is 14.7. The van der Waals surface area contributed by atoms with Crippen LogP contribution in [0.15, 0.2) is 0 Å². The fraction of sp³-hybridized carbons (Fsp3) is 0.500. The monoisotopic (exact) mass is 116 g/mol. The van der Waals surface area contributed by atoms with Crippen LogP contribution in [0.5, 0.6) is 0 Å². The number of nitrogens with one attached hydrogen (secondary N) is 1. The molecule has 0 saturated heterocycles. The summed E-state index contributed by atoms with van der Waals surface area (Å²) >= 11 is 0. The number of nitrogens with zero attached hydrogens (tertiary/aromatic N) is 1. The van der Waals surface area contributed by atoms with E-state index in [-0.39, 0.29) is 0 Å². The van der Waals surface area contributed by atoms with E-state index >= 15 is 0 Å². The molecule has 0 rings (SSSR count). The van der Waals surface area contributed by atoms with Gasteiger partial charge in [0.1, 0.15) is 0 Å². The van der Waals surface area contributed by atoms with Gasteiger partial charge in [0, 0.05) is 6.54 Å². The van der Waals surface area contributed by atoms with Gasteiger partial charge in [-0.3, -0.25) is 10.3 Å². The second-order valence-electron chi connectivity index (χ2n) is 1.20. The standard InChI is InChI=1S/C4H8N2O2/c1-2-6(3-5)4(7)8/h3,5H,2H2,1H3,(H,7,8). The Kier molecular flexibility index (Phi) is 2.61. The lowest BCUT2D eigenvalue weighted by atomic mass is 10.7. The molecular weight excluding hydrogens is 108 g/mol. The topological polar surface area (TPSA) is 64.4 Å². The average Bonchev–Trinajstić information content (AvgIpc) is 1.69. The van der Waals surface area contributed by atoms with Crippen molar-refractivity contribution in [3.8, 4) is 0 Å². The largest absolute Gasteiger partial charge is 0.465 e. The first-order chi connectivity index (χ1) is 3.72. The minimum atomic E-state index is -1.08. The molecule has 1 amide bonds. The van der Waals surface area contributed by atoms with Gasteiger partial charge in [-0.25, -0.2) is 4.79 Å². The molecule has 4 heteroatoms. The number of rotatable bonds is 2. The highest BCUT2D eigenvalue weighted by atomic mass is 16.4. The summed E-state index contributed by atoms with van der Waals surface area (Å²) in [5.41, 5.74) is 0. The quantitative estimate of drug-likeness (QED) is 0.409. The zero-order valence-electron chi connectivity index (χ0n) is 4.59. The van der Waals surface area contributed by atoms with Crippen molar-refractivity contribution in [3.05, 3.63) is 0 Å². The number of amides is 1. The fourth-order valence-electron chi connectivity index (χ4n) is 0.282. The van der Waals surface area contributed by atoms with Gasteiger partial charge in [0.15, 0.2) is 0 Å². The molecule has 46 valence electrons. The molecule has 0 saturated carbocycles. The maximum absolute atomic E-state index is 9.94. The van der Waals surface area contributed by atoms with Crippen LogP contribution in [-0.4, -0.2) is 29.0 Å². The predicted molar refractivity (Wildman–Crippen MR) is 29.2 cm³/mol. The van der Waals surface area contributed by atoms with Crippen molar-refractivity contribution < 1.29 is 9.90 Å². The first-order valence-corrected chi connectivity index (χ1v) is 2.22. The predicted octanol–water partition coefficient (Wildman–Crippen LogP) is 0.593. The lowest BCUT2D eigenvalue weighted by Gasteiger charge is -2.06. The van der Waals surface area contributed by atoms with Crippen LogP contribution in [0.4, 0.5) is 4.79 Å². The Hall–Kier alpha value is -1.06. The van der Waals surface area contributed by atoms with Crippen LogP contribution in [0.2, 0.25) is 0 Å². The van der Waals surface area contributed by atoms with E-state index in [1.165, 1.54) is 0 Å². The molecule has 0 unspecified atom stereocenters. The van der Waals surface area contributed by atoms with E-state index in [0.29, 0.717) is 6.54 Å². The maximum atomic E-state index is 9.94. The molecule has 0 heterocycles. The first-order valence-electron chi connectivity index (χ1n) is 2.22. The van der Waals surface area contributed by atoms with Crippen LogP contribution < -0.4 is 0 Å². The van der Waals surface area contributed by atoms with E-state index in [1.54, 1.807) is 6.92 Å².